The fraction of sp³-hybridized carbons (Fsp3) is 0.333. The molecule has 9 heteroatoms. The molecule has 0 aromatic heterocycles. The number of benzene rings is 2. The van der Waals surface area contributed by atoms with Gasteiger partial charge in [0.2, 0.25) is 0 Å². The van der Waals surface area contributed by atoms with Crippen molar-refractivity contribution in [2.45, 2.75) is 37.7 Å². The molecule has 174 valence electrons. The molecule has 0 saturated carbocycles. The lowest BCUT2D eigenvalue weighted by Crippen LogP contribution is -2.46. The van der Waals surface area contributed by atoms with Gasteiger partial charge in [0.05, 0.1) is 11.1 Å². The maximum atomic E-state index is 12.8. The van der Waals surface area contributed by atoms with Crippen LogP contribution in [-0.2, 0) is 9.53 Å². The van der Waals surface area contributed by atoms with Gasteiger partial charge in [0.1, 0.15) is 11.6 Å². The van der Waals surface area contributed by atoms with Gasteiger partial charge in [-0.1, -0.05) is 42.5 Å². The molecule has 0 bridgehead atoms. The van der Waals surface area contributed by atoms with Gasteiger partial charge >= 0.3 is 12.1 Å². The molecule has 2 aromatic rings. The van der Waals surface area contributed by atoms with Gasteiger partial charge in [-0.3, -0.25) is 14.5 Å². The highest BCUT2D eigenvalue weighted by Gasteiger charge is 2.43. The number of rotatable bonds is 8. The third kappa shape index (κ3) is 5.92. The number of amides is 3. The number of aliphatic carboxylic acids is 1. The number of hydrogen-bond acceptors (Lipinski definition) is 6. The van der Waals surface area contributed by atoms with Crippen LogP contribution < -0.4 is 5.32 Å². The average Bonchev–Trinajstić information content (AvgIpc) is 3.00. The molecular weight excluding hydrogens is 444 g/mol. The Morgan fingerprint density at radius 1 is 1.00 bits per heavy atom. The molecule has 2 atom stereocenters. The molecule has 0 saturated heterocycles. The maximum Gasteiger partial charge on any atom is 0.407 e. The molecule has 3 amide bonds. The second kappa shape index (κ2) is 10.1. The molecule has 1 aliphatic heterocycles. The summed E-state index contributed by atoms with van der Waals surface area (Å²) in [5.41, 5.74) is 0.610. The lowest BCUT2D eigenvalue weighted by Gasteiger charge is -2.25. The number of carbonyl (C=O) groups excluding carboxylic acids is 3. The highest BCUT2D eigenvalue weighted by molar-refractivity contribution is 7.99. The molecule has 33 heavy (non-hydrogen) atoms. The Bertz CT molecular complexity index is 1020. The fourth-order valence-corrected chi connectivity index (χ4v) is 4.64. The molecule has 0 radical (unpaired) electrons. The molecule has 0 aliphatic carbocycles. The summed E-state index contributed by atoms with van der Waals surface area (Å²) in [5.74, 6) is -2.56. The van der Waals surface area contributed by atoms with E-state index in [1.54, 1.807) is 32.9 Å². The predicted octanol–water partition coefficient (Wildman–Crippen LogP) is 3.74. The van der Waals surface area contributed by atoms with Crippen LogP contribution in [0.2, 0.25) is 0 Å². The first kappa shape index (κ1) is 24.3. The molecule has 1 unspecified atom stereocenters. The summed E-state index contributed by atoms with van der Waals surface area (Å²) in [7, 11) is 0. The van der Waals surface area contributed by atoms with Crippen molar-refractivity contribution in [1.29, 1.82) is 0 Å². The molecule has 1 aliphatic rings. The number of fused-ring (bicyclic) bond motifs is 1. The Morgan fingerprint density at radius 3 is 2.06 bits per heavy atom. The van der Waals surface area contributed by atoms with Crippen molar-refractivity contribution in [2.75, 3.05) is 12.3 Å². The van der Waals surface area contributed by atoms with Gasteiger partial charge in [0.15, 0.2) is 0 Å². The Balaban J connectivity index is 1.75. The van der Waals surface area contributed by atoms with E-state index in [1.807, 2.05) is 30.3 Å². The van der Waals surface area contributed by atoms with Crippen LogP contribution in [0, 0.1) is 0 Å². The Labute approximate surface area is 196 Å². The van der Waals surface area contributed by atoms with Crippen LogP contribution in [0.25, 0.3) is 0 Å². The molecule has 8 nitrogen and oxygen atoms in total. The second-order valence-corrected chi connectivity index (χ2v) is 9.73. The molecule has 1 heterocycles. The molecule has 0 spiro atoms. The number of carboxylic acids is 1. The number of carbonyl (C=O) groups is 4. The van der Waals surface area contributed by atoms with E-state index >= 15 is 0 Å². The third-order valence-corrected chi connectivity index (χ3v) is 6.23. The van der Waals surface area contributed by atoms with Crippen LogP contribution in [0.4, 0.5) is 4.79 Å². The minimum atomic E-state index is -1.35. The van der Waals surface area contributed by atoms with Gasteiger partial charge in [-0.25, -0.2) is 9.59 Å². The van der Waals surface area contributed by atoms with Crippen LogP contribution in [0.5, 0.6) is 0 Å². The van der Waals surface area contributed by atoms with Crippen molar-refractivity contribution in [3.05, 3.63) is 71.3 Å². The number of nitrogens with one attached hydrogen (secondary N) is 1. The number of ether oxygens (including phenoxy) is 1. The first-order valence-corrected chi connectivity index (χ1v) is 11.5. The summed E-state index contributed by atoms with van der Waals surface area (Å²) in [5, 5.41) is 12.2. The van der Waals surface area contributed by atoms with Crippen molar-refractivity contribution in [2.24, 2.45) is 0 Å². The summed E-state index contributed by atoms with van der Waals surface area (Å²) in [4.78, 5) is 50.5. The first-order chi connectivity index (χ1) is 15.6. The van der Waals surface area contributed by atoms with E-state index in [1.165, 1.54) is 23.9 Å². The maximum absolute atomic E-state index is 12.8. The number of thioether (sulfide) groups is 1. The zero-order valence-electron chi connectivity index (χ0n) is 18.6. The van der Waals surface area contributed by atoms with Crippen molar-refractivity contribution < 1.29 is 29.0 Å². The number of nitrogens with zero attached hydrogens (tertiary/aromatic N) is 1. The van der Waals surface area contributed by atoms with E-state index in [0.717, 1.165) is 10.5 Å². The van der Waals surface area contributed by atoms with Crippen LogP contribution in [0.3, 0.4) is 0 Å². The first-order valence-electron chi connectivity index (χ1n) is 10.4. The topological polar surface area (TPSA) is 113 Å². The van der Waals surface area contributed by atoms with Gasteiger partial charge in [0.25, 0.3) is 11.8 Å². The Kier molecular flexibility index (Phi) is 7.43. The zero-order valence-corrected chi connectivity index (χ0v) is 19.4. The van der Waals surface area contributed by atoms with Crippen molar-refractivity contribution >= 4 is 35.6 Å². The van der Waals surface area contributed by atoms with E-state index in [9.17, 15) is 24.3 Å². The fourth-order valence-electron chi connectivity index (χ4n) is 3.39. The Hall–Kier alpha value is -3.33. The van der Waals surface area contributed by atoms with E-state index in [-0.39, 0.29) is 28.7 Å². The summed E-state index contributed by atoms with van der Waals surface area (Å²) >= 11 is 1.24. The lowest BCUT2D eigenvalue weighted by atomic mass is 10.1. The van der Waals surface area contributed by atoms with E-state index in [0.29, 0.717) is 0 Å². The predicted molar refractivity (Wildman–Crippen MR) is 124 cm³/mol. The Morgan fingerprint density at radius 2 is 1.55 bits per heavy atom. The van der Waals surface area contributed by atoms with Crippen LogP contribution in [0.15, 0.2) is 54.6 Å². The van der Waals surface area contributed by atoms with Gasteiger partial charge in [-0.05, 0) is 38.5 Å². The average molecular weight is 471 g/mol. The van der Waals surface area contributed by atoms with Crippen molar-refractivity contribution in [3.63, 3.8) is 0 Å². The largest absolute Gasteiger partial charge is 0.480 e. The number of alkyl carbamates (subject to hydrolysis) is 1. The van der Waals surface area contributed by atoms with E-state index in [4.69, 9.17) is 4.74 Å². The number of imide groups is 1. The quantitative estimate of drug-likeness (QED) is 0.565. The molecule has 0 fully saturated rings. The summed E-state index contributed by atoms with van der Waals surface area (Å²) < 4.78 is 5.28. The van der Waals surface area contributed by atoms with E-state index < -0.39 is 35.5 Å². The normalized spacial score (nSPS) is 15.1. The van der Waals surface area contributed by atoms with Gasteiger partial charge < -0.3 is 15.2 Å². The van der Waals surface area contributed by atoms with Crippen LogP contribution in [0.1, 0.15) is 52.3 Å². The lowest BCUT2D eigenvalue weighted by molar-refractivity contribution is -0.140. The van der Waals surface area contributed by atoms with Crippen molar-refractivity contribution in [1.82, 2.24) is 10.2 Å². The van der Waals surface area contributed by atoms with Gasteiger partial charge in [-0.15, -0.1) is 11.8 Å². The van der Waals surface area contributed by atoms with Crippen molar-refractivity contribution in [3.8, 4) is 0 Å². The van der Waals surface area contributed by atoms with Gasteiger partial charge in [-0.2, -0.15) is 0 Å². The molecule has 3 rings (SSSR count). The summed E-state index contributed by atoms with van der Waals surface area (Å²) in [6.07, 6.45) is -0.584. The monoisotopic (exact) mass is 470 g/mol. The van der Waals surface area contributed by atoms with Crippen LogP contribution >= 0.6 is 11.8 Å². The molecule has 2 aromatic carbocycles. The minimum absolute atomic E-state index is 0.0453. The summed E-state index contributed by atoms with van der Waals surface area (Å²) in [6.45, 7) is 5.46. The summed E-state index contributed by atoms with van der Waals surface area (Å²) in [6, 6.07) is 14.2. The second-order valence-electron chi connectivity index (χ2n) is 8.50. The molecular formula is C24H26N2O6S. The highest BCUT2D eigenvalue weighted by atomic mass is 32.2. The van der Waals surface area contributed by atoms with Gasteiger partial charge in [0, 0.05) is 17.5 Å². The third-order valence-electron chi connectivity index (χ3n) is 4.88. The number of hydrogen-bond donors (Lipinski definition) is 2. The highest BCUT2D eigenvalue weighted by Crippen LogP contribution is 2.32. The zero-order chi connectivity index (χ0) is 24.2. The van der Waals surface area contributed by atoms with Crippen LogP contribution in [-0.4, -0.2) is 57.8 Å². The SMILES string of the molecule is CC(C)(C)OC(=O)NCC(SC[C@@H](C(=O)O)N1C(=O)c2ccccc2C1=O)c1ccccc1. The smallest absolute Gasteiger partial charge is 0.407 e. The standard InChI is InChI=1S/C24H26N2O6S/c1-24(2,3)32-23(31)25-13-19(15-9-5-4-6-10-15)33-14-18(22(29)30)26-20(27)16-11-7-8-12-17(16)21(26)28/h4-12,18-19H,13-14H2,1-3H3,(H,25,31)(H,29,30)/t18-,19?/m0/s1. The number of carboxylic acid groups (broad SMARTS) is 1. The molecule has 2 N–H and O–H groups in total. The minimum Gasteiger partial charge on any atom is -0.480 e. The van der Waals surface area contributed by atoms with E-state index in [2.05, 4.69) is 5.32 Å².